The van der Waals surface area contributed by atoms with Crippen LogP contribution in [0.5, 0.6) is 5.75 Å². The van der Waals surface area contributed by atoms with Crippen LogP contribution in [0.4, 0.5) is 0 Å². The molecule has 0 radical (unpaired) electrons. The molecule has 1 aliphatic carbocycles. The van der Waals surface area contributed by atoms with Crippen molar-refractivity contribution >= 4 is 15.9 Å². The lowest BCUT2D eigenvalue weighted by Crippen LogP contribution is -2.52. The third-order valence-electron chi connectivity index (χ3n) is 7.48. The third kappa shape index (κ3) is 4.59. The molecule has 2 aromatic rings. The zero-order valence-corrected chi connectivity index (χ0v) is 20.6. The summed E-state index contributed by atoms with van der Waals surface area (Å²) in [5.74, 6) is 0.903. The van der Waals surface area contributed by atoms with E-state index >= 15 is 0 Å². The number of nitrogens with zero attached hydrogens (tertiary/aromatic N) is 3. The predicted molar refractivity (Wildman–Crippen MR) is 130 cm³/mol. The number of piperazine rings is 1. The van der Waals surface area contributed by atoms with Gasteiger partial charge in [-0.05, 0) is 79.6 Å². The fourth-order valence-corrected chi connectivity index (χ4v) is 7.02. The normalized spacial score (nSPS) is 21.6. The third-order valence-corrected chi connectivity index (χ3v) is 9.37. The van der Waals surface area contributed by atoms with Crippen molar-refractivity contribution in [2.45, 2.75) is 43.0 Å². The van der Waals surface area contributed by atoms with Crippen LogP contribution in [0.15, 0.2) is 47.4 Å². The van der Waals surface area contributed by atoms with Crippen molar-refractivity contribution in [3.05, 3.63) is 59.2 Å². The van der Waals surface area contributed by atoms with E-state index < -0.39 is 10.0 Å². The lowest BCUT2D eigenvalue weighted by Gasteiger charge is -2.35. The van der Waals surface area contributed by atoms with E-state index in [4.69, 9.17) is 4.74 Å². The number of likely N-dealkylation sites (tertiary alicyclic amines) is 1. The van der Waals surface area contributed by atoms with Crippen LogP contribution in [0.25, 0.3) is 0 Å². The minimum Gasteiger partial charge on any atom is -0.497 e. The molecule has 2 aromatic carbocycles. The first-order valence-electron chi connectivity index (χ1n) is 12.2. The van der Waals surface area contributed by atoms with Gasteiger partial charge >= 0.3 is 0 Å². The van der Waals surface area contributed by atoms with Crippen molar-refractivity contribution < 1.29 is 17.9 Å². The molecule has 0 N–H and O–H groups in total. The lowest BCUT2D eigenvalue weighted by molar-refractivity contribution is -0.133. The molecule has 1 amide bonds. The van der Waals surface area contributed by atoms with Gasteiger partial charge in [0.25, 0.3) is 0 Å². The van der Waals surface area contributed by atoms with Crippen molar-refractivity contribution in [2.24, 2.45) is 0 Å². The first-order chi connectivity index (χ1) is 16.5. The van der Waals surface area contributed by atoms with Gasteiger partial charge in [-0.25, -0.2) is 8.42 Å². The van der Waals surface area contributed by atoms with E-state index in [2.05, 4.69) is 17.0 Å². The molecule has 34 heavy (non-hydrogen) atoms. The van der Waals surface area contributed by atoms with Crippen molar-refractivity contribution in [1.82, 2.24) is 14.1 Å². The van der Waals surface area contributed by atoms with Crippen molar-refractivity contribution in [3.8, 4) is 5.75 Å². The fourth-order valence-electron chi connectivity index (χ4n) is 5.55. The number of sulfonamides is 1. The Labute approximate surface area is 202 Å². The monoisotopic (exact) mass is 483 g/mol. The maximum absolute atomic E-state index is 13.2. The maximum atomic E-state index is 13.2. The molecule has 0 saturated carbocycles. The number of carbonyl (C=O) groups is 1. The van der Waals surface area contributed by atoms with Crippen LogP contribution in [0.1, 0.15) is 42.0 Å². The molecule has 0 spiro atoms. The number of rotatable bonds is 6. The second kappa shape index (κ2) is 9.68. The van der Waals surface area contributed by atoms with E-state index in [1.807, 2.05) is 29.2 Å². The minimum absolute atomic E-state index is 0.0735. The Hall–Kier alpha value is -2.42. The largest absolute Gasteiger partial charge is 0.497 e. The Balaban J connectivity index is 1.19. The second-order valence-electron chi connectivity index (χ2n) is 9.47. The summed E-state index contributed by atoms with van der Waals surface area (Å²) in [6, 6.07) is 13.8. The molecule has 2 saturated heterocycles. The highest BCUT2D eigenvalue weighted by Gasteiger charge is 2.33. The summed E-state index contributed by atoms with van der Waals surface area (Å²) < 4.78 is 33.3. The molecule has 8 heteroatoms. The fraction of sp³-hybridized carbons (Fsp3) is 0.500. The Morgan fingerprint density at radius 1 is 0.971 bits per heavy atom. The van der Waals surface area contributed by atoms with Crippen LogP contribution in [-0.2, 0) is 27.7 Å². The number of hydrogen-bond donors (Lipinski definition) is 0. The van der Waals surface area contributed by atoms with Crippen molar-refractivity contribution in [3.63, 3.8) is 0 Å². The van der Waals surface area contributed by atoms with E-state index in [0.29, 0.717) is 37.6 Å². The summed E-state index contributed by atoms with van der Waals surface area (Å²) in [7, 11) is -1.87. The molecule has 1 atom stereocenters. The highest BCUT2D eigenvalue weighted by atomic mass is 32.2. The minimum atomic E-state index is -3.53. The highest BCUT2D eigenvalue weighted by Crippen LogP contribution is 2.33. The molecule has 182 valence electrons. The number of hydrogen-bond acceptors (Lipinski definition) is 5. The van der Waals surface area contributed by atoms with Crippen LogP contribution in [0, 0.1) is 0 Å². The molecule has 0 bridgehead atoms. The summed E-state index contributed by atoms with van der Waals surface area (Å²) in [5.41, 5.74) is 3.60. The van der Waals surface area contributed by atoms with E-state index in [1.54, 1.807) is 13.2 Å². The average Bonchev–Trinajstić information content (AvgIpc) is 3.53. The summed E-state index contributed by atoms with van der Waals surface area (Å²) in [4.78, 5) is 17.5. The van der Waals surface area contributed by atoms with E-state index in [-0.39, 0.29) is 11.9 Å². The van der Waals surface area contributed by atoms with Crippen LogP contribution in [0.2, 0.25) is 0 Å². The number of aryl methyl sites for hydroxylation is 2. The van der Waals surface area contributed by atoms with Gasteiger partial charge in [0.1, 0.15) is 5.75 Å². The number of amides is 1. The van der Waals surface area contributed by atoms with Gasteiger partial charge in [0.2, 0.25) is 15.9 Å². The van der Waals surface area contributed by atoms with Gasteiger partial charge in [0.15, 0.2) is 0 Å². The molecule has 2 fully saturated rings. The number of benzene rings is 2. The van der Waals surface area contributed by atoms with Crippen LogP contribution < -0.4 is 4.74 Å². The molecular weight excluding hydrogens is 450 g/mol. The summed E-state index contributed by atoms with van der Waals surface area (Å²) in [6.07, 6.45) is 5.16. The molecule has 2 heterocycles. The van der Waals surface area contributed by atoms with E-state index in [1.165, 1.54) is 15.4 Å². The van der Waals surface area contributed by atoms with Crippen molar-refractivity contribution in [1.29, 1.82) is 0 Å². The maximum Gasteiger partial charge on any atom is 0.243 e. The van der Waals surface area contributed by atoms with Gasteiger partial charge in [-0.1, -0.05) is 18.2 Å². The molecule has 7 nitrogen and oxygen atoms in total. The average molecular weight is 484 g/mol. The van der Waals surface area contributed by atoms with E-state index in [0.717, 1.165) is 50.0 Å². The number of methoxy groups -OCH3 is 1. The second-order valence-corrected chi connectivity index (χ2v) is 11.4. The van der Waals surface area contributed by atoms with Gasteiger partial charge < -0.3 is 9.64 Å². The standard InChI is InChI=1S/C26H33N3O4S/c1-33-23-8-3-7-22(17-23)25-9-4-12-28(25)19-26(30)27-13-15-29(16-14-27)34(31,32)24-11-10-20-5-2-6-21(20)18-24/h3,7-8,10-11,17-18,25H,2,4-6,9,12-16,19H2,1H3. The smallest absolute Gasteiger partial charge is 0.243 e. The Bertz CT molecular complexity index is 1160. The first kappa shape index (κ1) is 23.3. The topological polar surface area (TPSA) is 70.2 Å². The number of ether oxygens (including phenoxy) is 1. The SMILES string of the molecule is COc1cccc(C2CCCN2CC(=O)N2CCN(S(=O)(=O)c3ccc4c(c3)CCC4)CC2)c1. The molecular formula is C26H33N3O4S. The number of fused-ring (bicyclic) bond motifs is 1. The van der Waals surface area contributed by atoms with Gasteiger partial charge in [0.05, 0.1) is 18.6 Å². The van der Waals surface area contributed by atoms with E-state index in [9.17, 15) is 13.2 Å². The summed E-state index contributed by atoms with van der Waals surface area (Å²) in [5, 5.41) is 0. The van der Waals surface area contributed by atoms with Gasteiger partial charge in [-0.15, -0.1) is 0 Å². The molecule has 2 aliphatic heterocycles. The van der Waals surface area contributed by atoms with Crippen LogP contribution in [0.3, 0.4) is 0 Å². The quantitative estimate of drug-likeness (QED) is 0.632. The Morgan fingerprint density at radius 3 is 2.56 bits per heavy atom. The van der Waals surface area contributed by atoms with Crippen LogP contribution in [-0.4, -0.2) is 74.8 Å². The Kier molecular flexibility index (Phi) is 6.64. The highest BCUT2D eigenvalue weighted by molar-refractivity contribution is 7.89. The summed E-state index contributed by atoms with van der Waals surface area (Å²) >= 11 is 0. The summed E-state index contributed by atoms with van der Waals surface area (Å²) in [6.45, 7) is 2.79. The van der Waals surface area contributed by atoms with Gasteiger partial charge in [0, 0.05) is 32.2 Å². The zero-order valence-electron chi connectivity index (χ0n) is 19.8. The molecule has 0 aromatic heterocycles. The molecule has 3 aliphatic rings. The predicted octanol–water partition coefficient (Wildman–Crippen LogP) is 2.85. The van der Waals surface area contributed by atoms with Crippen LogP contribution >= 0.6 is 0 Å². The molecule has 1 unspecified atom stereocenters. The lowest BCUT2D eigenvalue weighted by atomic mass is 10.0. The van der Waals surface area contributed by atoms with Gasteiger partial charge in [-0.3, -0.25) is 9.69 Å². The first-order valence-corrected chi connectivity index (χ1v) is 13.7. The number of carbonyl (C=O) groups excluding carboxylic acids is 1. The zero-order chi connectivity index (χ0) is 23.7. The molecule has 5 rings (SSSR count). The van der Waals surface area contributed by atoms with Gasteiger partial charge in [-0.2, -0.15) is 4.31 Å². The Morgan fingerprint density at radius 2 is 1.76 bits per heavy atom. The van der Waals surface area contributed by atoms with Crippen molar-refractivity contribution in [2.75, 3.05) is 46.4 Å².